The Balaban J connectivity index is 1.87. The van der Waals surface area contributed by atoms with Crippen LogP contribution in [0.15, 0.2) is 11.1 Å². The molecule has 1 aliphatic heterocycles. The third kappa shape index (κ3) is 2.77. The fourth-order valence-electron chi connectivity index (χ4n) is 2.65. The van der Waals surface area contributed by atoms with E-state index < -0.39 is 5.97 Å². The maximum Gasteiger partial charge on any atom is 0.338 e. The number of hydrogen-bond donors (Lipinski definition) is 1. The summed E-state index contributed by atoms with van der Waals surface area (Å²) < 4.78 is 5.34. The average molecular weight is 279 g/mol. The molecule has 3 rings (SSSR count). The Morgan fingerprint density at radius 2 is 2.16 bits per heavy atom. The van der Waals surface area contributed by atoms with Gasteiger partial charge in [-0.05, 0) is 43.7 Å². The minimum atomic E-state index is -0.864. The van der Waals surface area contributed by atoms with Crippen molar-refractivity contribution in [2.24, 2.45) is 0 Å². The van der Waals surface area contributed by atoms with E-state index in [1.54, 1.807) is 11.8 Å². The molecule has 19 heavy (non-hydrogen) atoms. The molecule has 0 saturated carbocycles. The van der Waals surface area contributed by atoms with E-state index in [2.05, 4.69) is 4.98 Å². The van der Waals surface area contributed by atoms with E-state index in [9.17, 15) is 9.90 Å². The highest BCUT2D eigenvalue weighted by molar-refractivity contribution is 7.99. The quantitative estimate of drug-likeness (QED) is 0.921. The number of aryl methyl sites for hydroxylation is 2. The van der Waals surface area contributed by atoms with Crippen LogP contribution in [0.25, 0.3) is 0 Å². The van der Waals surface area contributed by atoms with Crippen molar-refractivity contribution in [3.8, 4) is 0 Å². The van der Waals surface area contributed by atoms with Crippen molar-refractivity contribution < 1.29 is 14.6 Å². The standard InChI is InChI=1S/C14H17NO3S/c16-14(17)11-8-9-2-1-3-12(9)15-13(11)19-10-4-6-18-7-5-10/h8,10H,1-7H2,(H,16,17). The number of pyridine rings is 1. The van der Waals surface area contributed by atoms with Crippen LogP contribution in [-0.2, 0) is 17.6 Å². The summed E-state index contributed by atoms with van der Waals surface area (Å²) in [5, 5.41) is 10.5. The Bertz CT molecular complexity index is 498. The molecule has 102 valence electrons. The molecule has 1 saturated heterocycles. The van der Waals surface area contributed by atoms with Gasteiger partial charge in [0.25, 0.3) is 0 Å². The Morgan fingerprint density at radius 1 is 1.37 bits per heavy atom. The molecule has 4 nitrogen and oxygen atoms in total. The molecule has 0 spiro atoms. The molecule has 5 heteroatoms. The highest BCUT2D eigenvalue weighted by Crippen LogP contribution is 2.33. The lowest BCUT2D eigenvalue weighted by atomic mass is 10.1. The van der Waals surface area contributed by atoms with Crippen molar-refractivity contribution >= 4 is 17.7 Å². The molecule has 2 aliphatic rings. The van der Waals surface area contributed by atoms with Crippen molar-refractivity contribution in [3.05, 3.63) is 22.9 Å². The number of carbonyl (C=O) groups is 1. The van der Waals surface area contributed by atoms with Gasteiger partial charge in [-0.15, -0.1) is 11.8 Å². The monoisotopic (exact) mass is 279 g/mol. The molecule has 0 radical (unpaired) electrons. The summed E-state index contributed by atoms with van der Waals surface area (Å²) in [6.07, 6.45) is 4.99. The molecule has 0 atom stereocenters. The first-order valence-corrected chi connectivity index (χ1v) is 7.62. The number of thioether (sulfide) groups is 1. The first-order chi connectivity index (χ1) is 9.24. The van der Waals surface area contributed by atoms with Crippen LogP contribution < -0.4 is 0 Å². The summed E-state index contributed by atoms with van der Waals surface area (Å²) in [5.41, 5.74) is 2.59. The van der Waals surface area contributed by atoms with E-state index in [0.717, 1.165) is 56.6 Å². The average Bonchev–Trinajstić information content (AvgIpc) is 2.86. The van der Waals surface area contributed by atoms with Gasteiger partial charge in [0.05, 0.1) is 5.56 Å². The fourth-order valence-corrected chi connectivity index (χ4v) is 3.83. The van der Waals surface area contributed by atoms with Gasteiger partial charge >= 0.3 is 5.97 Å². The molecular weight excluding hydrogens is 262 g/mol. The summed E-state index contributed by atoms with van der Waals surface area (Å²) in [6.45, 7) is 1.54. The van der Waals surface area contributed by atoms with Crippen molar-refractivity contribution in [1.29, 1.82) is 0 Å². The summed E-state index contributed by atoms with van der Waals surface area (Å²) in [4.78, 5) is 16.0. The second-order valence-electron chi connectivity index (χ2n) is 5.04. The Labute approximate surface area is 116 Å². The van der Waals surface area contributed by atoms with Gasteiger partial charge in [0.2, 0.25) is 0 Å². The maximum atomic E-state index is 11.4. The van der Waals surface area contributed by atoms with E-state index >= 15 is 0 Å². The lowest BCUT2D eigenvalue weighted by molar-refractivity contribution is 0.0692. The van der Waals surface area contributed by atoms with Gasteiger partial charge in [0, 0.05) is 24.2 Å². The molecule has 2 heterocycles. The molecule has 0 amide bonds. The van der Waals surface area contributed by atoms with E-state index in [0.29, 0.717) is 15.8 Å². The maximum absolute atomic E-state index is 11.4. The van der Waals surface area contributed by atoms with Crippen LogP contribution in [0.5, 0.6) is 0 Å². The van der Waals surface area contributed by atoms with E-state index in [1.807, 2.05) is 6.07 Å². The number of ether oxygens (including phenoxy) is 1. The van der Waals surface area contributed by atoms with Crippen molar-refractivity contribution in [1.82, 2.24) is 4.98 Å². The first kappa shape index (κ1) is 12.9. The smallest absolute Gasteiger partial charge is 0.338 e. The van der Waals surface area contributed by atoms with Gasteiger partial charge in [0.1, 0.15) is 5.03 Å². The molecule has 1 aromatic heterocycles. The van der Waals surface area contributed by atoms with Crippen molar-refractivity contribution in [2.45, 2.75) is 42.4 Å². The van der Waals surface area contributed by atoms with Crippen LogP contribution in [0.1, 0.15) is 40.9 Å². The SMILES string of the molecule is O=C(O)c1cc2c(nc1SC1CCOCC1)CCC2. The second kappa shape index (κ2) is 5.51. The number of fused-ring (bicyclic) bond motifs is 1. The molecule has 1 aromatic rings. The number of nitrogens with zero attached hydrogens (tertiary/aromatic N) is 1. The molecule has 1 aliphatic carbocycles. The summed E-state index contributed by atoms with van der Waals surface area (Å²) in [7, 11) is 0. The Hall–Kier alpha value is -1.07. The lowest BCUT2D eigenvalue weighted by Crippen LogP contribution is -2.18. The van der Waals surface area contributed by atoms with Gasteiger partial charge in [-0.3, -0.25) is 0 Å². The predicted molar refractivity (Wildman–Crippen MR) is 72.9 cm³/mol. The van der Waals surface area contributed by atoms with Gasteiger partial charge in [0.15, 0.2) is 0 Å². The van der Waals surface area contributed by atoms with Crippen molar-refractivity contribution in [2.75, 3.05) is 13.2 Å². The topological polar surface area (TPSA) is 59.4 Å². The predicted octanol–water partition coefficient (Wildman–Crippen LogP) is 2.54. The zero-order valence-corrected chi connectivity index (χ0v) is 11.5. The molecule has 0 bridgehead atoms. The summed E-state index contributed by atoms with van der Waals surface area (Å²) in [6, 6.07) is 1.83. The number of rotatable bonds is 3. The Kier molecular flexibility index (Phi) is 3.75. The number of carboxylic acids is 1. The van der Waals surface area contributed by atoms with Crippen LogP contribution in [-0.4, -0.2) is 34.5 Å². The number of carboxylic acid groups (broad SMARTS) is 1. The number of hydrogen-bond acceptors (Lipinski definition) is 4. The molecular formula is C14H17NO3S. The van der Waals surface area contributed by atoms with Gasteiger partial charge in [-0.1, -0.05) is 0 Å². The minimum Gasteiger partial charge on any atom is -0.478 e. The lowest BCUT2D eigenvalue weighted by Gasteiger charge is -2.21. The Morgan fingerprint density at radius 3 is 2.89 bits per heavy atom. The fraction of sp³-hybridized carbons (Fsp3) is 0.571. The number of aromatic carboxylic acids is 1. The first-order valence-electron chi connectivity index (χ1n) is 6.74. The molecule has 0 aromatic carbocycles. The van der Waals surface area contributed by atoms with E-state index in [1.165, 1.54) is 0 Å². The van der Waals surface area contributed by atoms with Crippen LogP contribution in [0.3, 0.4) is 0 Å². The molecule has 0 unspecified atom stereocenters. The summed E-state index contributed by atoms with van der Waals surface area (Å²) >= 11 is 1.61. The normalized spacial score (nSPS) is 19.4. The third-order valence-corrected chi connectivity index (χ3v) is 5.03. The van der Waals surface area contributed by atoms with Crippen LogP contribution in [0.4, 0.5) is 0 Å². The van der Waals surface area contributed by atoms with E-state index in [-0.39, 0.29) is 0 Å². The van der Waals surface area contributed by atoms with Crippen LogP contribution >= 0.6 is 11.8 Å². The molecule has 1 N–H and O–H groups in total. The minimum absolute atomic E-state index is 0.372. The highest BCUT2D eigenvalue weighted by Gasteiger charge is 2.23. The largest absolute Gasteiger partial charge is 0.478 e. The number of aromatic nitrogens is 1. The van der Waals surface area contributed by atoms with Gasteiger partial charge in [-0.2, -0.15) is 0 Å². The van der Waals surface area contributed by atoms with E-state index in [4.69, 9.17) is 4.74 Å². The van der Waals surface area contributed by atoms with Gasteiger partial charge in [-0.25, -0.2) is 9.78 Å². The zero-order valence-electron chi connectivity index (χ0n) is 10.7. The van der Waals surface area contributed by atoms with Crippen LogP contribution in [0.2, 0.25) is 0 Å². The highest BCUT2D eigenvalue weighted by atomic mass is 32.2. The van der Waals surface area contributed by atoms with Crippen molar-refractivity contribution in [3.63, 3.8) is 0 Å². The molecule has 1 fully saturated rings. The third-order valence-electron chi connectivity index (χ3n) is 3.69. The van der Waals surface area contributed by atoms with Gasteiger partial charge < -0.3 is 9.84 Å². The summed E-state index contributed by atoms with van der Waals surface area (Å²) in [5.74, 6) is -0.864. The second-order valence-corrected chi connectivity index (χ2v) is 6.32. The van der Waals surface area contributed by atoms with Crippen LogP contribution in [0, 0.1) is 0 Å². The zero-order chi connectivity index (χ0) is 13.2.